The van der Waals surface area contributed by atoms with Gasteiger partial charge in [-0.2, -0.15) is 4.99 Å². The average Bonchev–Trinajstić information content (AvgIpc) is 2.46. The van der Waals surface area contributed by atoms with Crippen LogP contribution in [0, 0.1) is 0 Å². The maximum absolute atomic E-state index is 12.2. The van der Waals surface area contributed by atoms with Gasteiger partial charge in [-0.05, 0) is 12.1 Å². The van der Waals surface area contributed by atoms with Crippen LogP contribution in [0.1, 0.15) is 6.42 Å². The zero-order chi connectivity index (χ0) is 15.4. The maximum Gasteiger partial charge on any atom is 0.249 e. The number of nitrogens with zero attached hydrogens (tertiary/aromatic N) is 1. The van der Waals surface area contributed by atoms with E-state index in [1.165, 1.54) is 7.11 Å². The molecule has 8 heteroatoms. The van der Waals surface area contributed by atoms with E-state index in [1.54, 1.807) is 25.3 Å². The van der Waals surface area contributed by atoms with Gasteiger partial charge in [0, 0.05) is 6.07 Å². The lowest BCUT2D eigenvalue weighted by Gasteiger charge is -2.19. The Morgan fingerprint density at radius 3 is 2.81 bits per heavy atom. The summed E-state index contributed by atoms with van der Waals surface area (Å²) in [5.74, 6) is 0.364. The van der Waals surface area contributed by atoms with E-state index < -0.39 is 11.2 Å². The van der Waals surface area contributed by atoms with Crippen LogP contribution in [0.15, 0.2) is 23.2 Å². The normalized spacial score (nSPS) is 17.9. The van der Waals surface area contributed by atoms with Gasteiger partial charge >= 0.3 is 0 Å². The van der Waals surface area contributed by atoms with E-state index in [0.717, 1.165) is 11.8 Å². The average molecular weight is 309 g/mol. The zero-order valence-corrected chi connectivity index (χ0v) is 12.4. The summed E-state index contributed by atoms with van der Waals surface area (Å²) >= 11 is 1.07. The van der Waals surface area contributed by atoms with E-state index >= 15 is 0 Å². The number of anilines is 1. The maximum atomic E-state index is 12.2. The Labute approximate surface area is 125 Å². The molecule has 0 aromatic heterocycles. The molecule has 1 aliphatic rings. The van der Waals surface area contributed by atoms with Crippen molar-refractivity contribution in [3.8, 4) is 11.5 Å². The number of hydrogen-bond acceptors (Lipinski definition) is 6. The Bertz CT molecular complexity index is 603. The molecule has 1 aromatic rings. The minimum absolute atomic E-state index is 0.0235. The lowest BCUT2D eigenvalue weighted by molar-refractivity contribution is -0.121. The van der Waals surface area contributed by atoms with E-state index in [2.05, 4.69) is 10.3 Å². The number of carbonyl (C=O) groups is 2. The highest BCUT2D eigenvalue weighted by Crippen LogP contribution is 2.30. The van der Waals surface area contributed by atoms with Gasteiger partial charge in [0.1, 0.15) is 16.7 Å². The summed E-state index contributed by atoms with van der Waals surface area (Å²) in [6.07, 6.45) is 0.0235. The molecule has 1 aliphatic heterocycles. The molecule has 1 atom stereocenters. The van der Waals surface area contributed by atoms with Crippen LogP contribution in [0.25, 0.3) is 0 Å². The van der Waals surface area contributed by atoms with Gasteiger partial charge in [-0.15, -0.1) is 0 Å². The fourth-order valence-corrected chi connectivity index (χ4v) is 2.64. The molecule has 0 saturated heterocycles. The highest BCUT2D eigenvalue weighted by molar-refractivity contribution is 8.15. The number of carbonyl (C=O) groups excluding carboxylic acids is 2. The number of hydrogen-bond donors (Lipinski definition) is 2. The van der Waals surface area contributed by atoms with Gasteiger partial charge < -0.3 is 20.5 Å². The predicted molar refractivity (Wildman–Crippen MR) is 80.8 cm³/mol. The summed E-state index contributed by atoms with van der Waals surface area (Å²) in [6, 6.07) is 5.03. The molecular formula is C13H15N3O4S. The number of ether oxygens (including phenoxy) is 2. The number of aliphatic imine (C=N–C) groups is 1. The molecule has 0 aliphatic carbocycles. The first-order chi connectivity index (χ1) is 10.0. The van der Waals surface area contributed by atoms with Crippen LogP contribution in [0.4, 0.5) is 5.69 Å². The van der Waals surface area contributed by atoms with Gasteiger partial charge in [0.25, 0.3) is 0 Å². The molecule has 0 fully saturated rings. The zero-order valence-electron chi connectivity index (χ0n) is 11.6. The first-order valence-corrected chi connectivity index (χ1v) is 6.98. The number of methoxy groups -OCH3 is 2. The first-order valence-electron chi connectivity index (χ1n) is 6.10. The standard InChI is InChI=1S/C13H15N3O4S/c1-19-7-3-4-8(9(5-7)20-2)15-12(18)10-6-11(17)16-13(14)21-10/h3-5,10H,6H2,1-2H3,(H,15,18)(H2,14,16,17)/t10-/m1/s1. The molecule has 112 valence electrons. The molecule has 21 heavy (non-hydrogen) atoms. The van der Waals surface area contributed by atoms with E-state index in [1.807, 2.05) is 0 Å². The van der Waals surface area contributed by atoms with Crippen LogP contribution in [-0.2, 0) is 9.59 Å². The highest BCUT2D eigenvalue weighted by Gasteiger charge is 2.28. The van der Waals surface area contributed by atoms with Crippen LogP contribution in [0.5, 0.6) is 11.5 Å². The summed E-state index contributed by atoms with van der Waals surface area (Å²) in [4.78, 5) is 27.1. The number of thioether (sulfide) groups is 1. The summed E-state index contributed by atoms with van der Waals surface area (Å²) in [7, 11) is 3.04. The van der Waals surface area contributed by atoms with Crippen molar-refractivity contribution >= 4 is 34.4 Å². The van der Waals surface area contributed by atoms with Crippen molar-refractivity contribution in [2.75, 3.05) is 19.5 Å². The van der Waals surface area contributed by atoms with E-state index in [4.69, 9.17) is 15.2 Å². The van der Waals surface area contributed by atoms with Crippen molar-refractivity contribution in [2.45, 2.75) is 11.7 Å². The van der Waals surface area contributed by atoms with Crippen LogP contribution in [0.2, 0.25) is 0 Å². The number of nitrogens with two attached hydrogens (primary N) is 1. The van der Waals surface area contributed by atoms with E-state index in [-0.39, 0.29) is 17.5 Å². The van der Waals surface area contributed by atoms with Gasteiger partial charge in [0.15, 0.2) is 5.17 Å². The summed E-state index contributed by atoms with van der Waals surface area (Å²) in [5.41, 5.74) is 6.01. The minimum atomic E-state index is -0.596. The number of rotatable bonds is 4. The van der Waals surface area contributed by atoms with Crippen molar-refractivity contribution < 1.29 is 19.1 Å². The number of nitrogens with one attached hydrogen (secondary N) is 1. The summed E-state index contributed by atoms with van der Waals surface area (Å²) in [6.45, 7) is 0. The smallest absolute Gasteiger partial charge is 0.249 e. The predicted octanol–water partition coefficient (Wildman–Crippen LogP) is 0.989. The topological polar surface area (TPSA) is 103 Å². The number of amidine groups is 1. The monoisotopic (exact) mass is 309 g/mol. The van der Waals surface area contributed by atoms with Crippen LogP contribution in [-0.4, -0.2) is 36.5 Å². The Morgan fingerprint density at radius 2 is 2.19 bits per heavy atom. The number of amides is 2. The Balaban J connectivity index is 2.13. The molecule has 0 radical (unpaired) electrons. The quantitative estimate of drug-likeness (QED) is 0.859. The molecule has 7 nitrogen and oxygen atoms in total. The molecular weight excluding hydrogens is 294 g/mol. The molecule has 1 heterocycles. The molecule has 0 saturated carbocycles. The summed E-state index contributed by atoms with van der Waals surface area (Å²) < 4.78 is 10.3. The third-order valence-corrected chi connectivity index (χ3v) is 3.81. The second-order valence-corrected chi connectivity index (χ2v) is 5.43. The van der Waals surface area contributed by atoms with E-state index in [9.17, 15) is 9.59 Å². The number of benzene rings is 1. The van der Waals surface area contributed by atoms with Gasteiger partial charge in [-0.1, -0.05) is 11.8 Å². The Kier molecular flexibility index (Phi) is 4.69. The van der Waals surface area contributed by atoms with Crippen molar-refractivity contribution in [1.29, 1.82) is 0 Å². The molecule has 2 amide bonds. The van der Waals surface area contributed by atoms with Gasteiger partial charge in [0.05, 0.1) is 26.3 Å². The van der Waals surface area contributed by atoms with E-state index in [0.29, 0.717) is 17.2 Å². The van der Waals surface area contributed by atoms with Gasteiger partial charge in [0.2, 0.25) is 11.8 Å². The third kappa shape index (κ3) is 3.66. The second-order valence-electron chi connectivity index (χ2n) is 4.21. The van der Waals surface area contributed by atoms with Crippen molar-refractivity contribution in [3.63, 3.8) is 0 Å². The Hall–Kier alpha value is -2.22. The van der Waals surface area contributed by atoms with Crippen LogP contribution >= 0.6 is 11.8 Å². The van der Waals surface area contributed by atoms with Crippen molar-refractivity contribution in [2.24, 2.45) is 10.7 Å². The van der Waals surface area contributed by atoms with Crippen molar-refractivity contribution in [1.82, 2.24) is 0 Å². The second kappa shape index (κ2) is 6.49. The van der Waals surface area contributed by atoms with Gasteiger partial charge in [-0.3, -0.25) is 9.59 Å². The minimum Gasteiger partial charge on any atom is -0.497 e. The third-order valence-electron chi connectivity index (χ3n) is 2.82. The fourth-order valence-electron chi connectivity index (χ4n) is 1.80. The summed E-state index contributed by atoms with van der Waals surface area (Å²) in [5, 5.41) is 2.23. The van der Waals surface area contributed by atoms with Crippen molar-refractivity contribution in [3.05, 3.63) is 18.2 Å². The molecule has 2 rings (SSSR count). The largest absolute Gasteiger partial charge is 0.497 e. The SMILES string of the molecule is COc1ccc(NC(=O)[C@H]2CC(=O)N=C(N)S2)c(OC)c1. The molecule has 3 N–H and O–H groups in total. The first kappa shape index (κ1) is 15.2. The fraction of sp³-hybridized carbons (Fsp3) is 0.308. The molecule has 0 spiro atoms. The van der Waals surface area contributed by atoms with Gasteiger partial charge in [-0.25, -0.2) is 0 Å². The lowest BCUT2D eigenvalue weighted by atomic mass is 10.2. The molecule has 1 aromatic carbocycles. The Morgan fingerprint density at radius 1 is 1.43 bits per heavy atom. The highest BCUT2D eigenvalue weighted by atomic mass is 32.2. The van der Waals surface area contributed by atoms with Crippen LogP contribution < -0.4 is 20.5 Å². The van der Waals surface area contributed by atoms with Crippen LogP contribution in [0.3, 0.4) is 0 Å². The molecule has 0 unspecified atom stereocenters. The lowest BCUT2D eigenvalue weighted by Crippen LogP contribution is -2.33. The molecule has 0 bridgehead atoms.